The largest absolute Gasteiger partial charge is 0.503 e. The summed E-state index contributed by atoms with van der Waals surface area (Å²) in [4.78, 5) is 32.6. The highest BCUT2D eigenvalue weighted by Crippen LogP contribution is 2.44. The average Bonchev–Trinajstić information content (AvgIpc) is 3.46. The third-order valence-corrected chi connectivity index (χ3v) is 7.29. The van der Waals surface area contributed by atoms with Crippen molar-refractivity contribution in [1.29, 1.82) is 0 Å². The number of thiazole rings is 1. The molecular weight excluding hydrogens is 503 g/mol. The number of anilines is 1. The molecule has 0 spiro atoms. The number of rotatable bonds is 4. The van der Waals surface area contributed by atoms with Gasteiger partial charge in [0, 0.05) is 4.47 Å². The second-order valence-corrected chi connectivity index (χ2v) is 9.68. The van der Waals surface area contributed by atoms with Crippen LogP contribution in [0, 0.1) is 5.82 Å². The Balaban J connectivity index is 1.70. The Morgan fingerprint density at radius 3 is 2.74 bits per heavy atom. The zero-order chi connectivity index (χ0) is 21.7. The fourth-order valence-corrected chi connectivity index (χ4v) is 5.67. The normalized spacial score (nSPS) is 16.5. The second kappa shape index (κ2) is 7.67. The summed E-state index contributed by atoms with van der Waals surface area (Å²) in [7, 11) is 0. The lowest BCUT2D eigenvalue weighted by Crippen LogP contribution is -2.30. The van der Waals surface area contributed by atoms with Gasteiger partial charge in [-0.25, -0.2) is 9.37 Å². The molecule has 3 heterocycles. The summed E-state index contributed by atoms with van der Waals surface area (Å²) in [5.74, 6) is -2.15. The number of carbonyl (C=O) groups is 2. The molecule has 1 amide bonds. The summed E-state index contributed by atoms with van der Waals surface area (Å²) in [6.45, 7) is 0. The van der Waals surface area contributed by atoms with Crippen LogP contribution in [0.5, 0.6) is 0 Å². The molecule has 4 aromatic rings. The van der Waals surface area contributed by atoms with Crippen LogP contribution >= 0.6 is 38.6 Å². The van der Waals surface area contributed by atoms with Gasteiger partial charge in [-0.3, -0.25) is 14.5 Å². The topological polar surface area (TPSA) is 70.5 Å². The first-order valence-electron chi connectivity index (χ1n) is 9.10. The fourth-order valence-electron chi connectivity index (χ4n) is 3.56. The Kier molecular flexibility index (Phi) is 4.96. The third kappa shape index (κ3) is 3.38. The van der Waals surface area contributed by atoms with E-state index in [0.717, 1.165) is 15.8 Å². The van der Waals surface area contributed by atoms with Crippen molar-refractivity contribution in [3.63, 3.8) is 0 Å². The van der Waals surface area contributed by atoms with Gasteiger partial charge in [0.2, 0.25) is 5.78 Å². The minimum absolute atomic E-state index is 0.00372. The van der Waals surface area contributed by atoms with Gasteiger partial charge in [0.1, 0.15) is 5.82 Å². The van der Waals surface area contributed by atoms with Crippen LogP contribution in [0.3, 0.4) is 0 Å². The molecule has 154 valence electrons. The van der Waals surface area contributed by atoms with Gasteiger partial charge in [-0.1, -0.05) is 45.5 Å². The smallest absolute Gasteiger partial charge is 0.296 e. The Labute approximate surface area is 192 Å². The quantitative estimate of drug-likeness (QED) is 0.337. The summed E-state index contributed by atoms with van der Waals surface area (Å²) in [6, 6.07) is 13.9. The molecule has 0 unspecified atom stereocenters. The van der Waals surface area contributed by atoms with Gasteiger partial charge >= 0.3 is 0 Å². The van der Waals surface area contributed by atoms with Gasteiger partial charge in [-0.15, -0.1) is 11.3 Å². The van der Waals surface area contributed by atoms with Crippen LogP contribution in [0.15, 0.2) is 75.8 Å². The molecular formula is C22H12BrFN2O3S2. The van der Waals surface area contributed by atoms with Crippen molar-refractivity contribution in [1.82, 2.24) is 4.98 Å². The van der Waals surface area contributed by atoms with E-state index in [1.165, 1.54) is 34.4 Å². The van der Waals surface area contributed by atoms with Gasteiger partial charge in [-0.2, -0.15) is 0 Å². The number of ketones is 1. The monoisotopic (exact) mass is 514 g/mol. The van der Waals surface area contributed by atoms with E-state index in [1.54, 1.807) is 35.7 Å². The van der Waals surface area contributed by atoms with E-state index in [2.05, 4.69) is 20.9 Å². The number of halogens is 2. The minimum Gasteiger partial charge on any atom is -0.503 e. The second-order valence-electron chi connectivity index (χ2n) is 6.81. The molecule has 0 bridgehead atoms. The predicted octanol–water partition coefficient (Wildman–Crippen LogP) is 6.04. The molecule has 1 N–H and O–H groups in total. The van der Waals surface area contributed by atoms with Gasteiger partial charge in [0.15, 0.2) is 10.9 Å². The molecule has 1 aliphatic heterocycles. The number of fused-ring (bicyclic) bond motifs is 1. The van der Waals surface area contributed by atoms with Crippen molar-refractivity contribution in [2.45, 2.75) is 6.04 Å². The van der Waals surface area contributed by atoms with Crippen LogP contribution in [0.2, 0.25) is 0 Å². The van der Waals surface area contributed by atoms with E-state index >= 15 is 0 Å². The van der Waals surface area contributed by atoms with Gasteiger partial charge in [-0.05, 0) is 47.3 Å². The minimum atomic E-state index is -0.870. The molecule has 0 aliphatic carbocycles. The van der Waals surface area contributed by atoms with E-state index in [-0.39, 0.29) is 10.7 Å². The van der Waals surface area contributed by atoms with Crippen LogP contribution in [-0.2, 0) is 4.79 Å². The molecule has 9 heteroatoms. The summed E-state index contributed by atoms with van der Waals surface area (Å²) < 4.78 is 15.0. The SMILES string of the molecule is O=C(C1=C(O)C(=O)N(c2nc3ccc(F)cc3s2)[C@H]1c1cccc(Br)c1)c1cccs1. The van der Waals surface area contributed by atoms with Crippen LogP contribution in [0.1, 0.15) is 21.3 Å². The van der Waals surface area contributed by atoms with Gasteiger partial charge in [0.25, 0.3) is 5.91 Å². The predicted molar refractivity (Wildman–Crippen MR) is 122 cm³/mol. The lowest BCUT2D eigenvalue weighted by Gasteiger charge is -2.24. The van der Waals surface area contributed by atoms with Crippen molar-refractivity contribution < 1.29 is 19.1 Å². The number of aromatic nitrogens is 1. The molecule has 1 aliphatic rings. The van der Waals surface area contributed by atoms with Crippen LogP contribution in [0.4, 0.5) is 9.52 Å². The molecule has 0 saturated heterocycles. The zero-order valence-corrected chi connectivity index (χ0v) is 18.8. The lowest BCUT2D eigenvalue weighted by atomic mass is 9.96. The number of benzene rings is 2. The number of hydrogen-bond donors (Lipinski definition) is 1. The molecule has 2 aromatic carbocycles. The molecule has 1 atom stereocenters. The van der Waals surface area contributed by atoms with E-state index in [1.807, 2.05) is 6.07 Å². The highest BCUT2D eigenvalue weighted by atomic mass is 79.9. The highest BCUT2D eigenvalue weighted by molar-refractivity contribution is 9.10. The zero-order valence-electron chi connectivity index (χ0n) is 15.6. The number of aliphatic hydroxyl groups is 1. The van der Waals surface area contributed by atoms with E-state index < -0.39 is 29.3 Å². The summed E-state index contributed by atoms with van der Waals surface area (Å²) >= 11 is 5.79. The van der Waals surface area contributed by atoms with Crippen molar-refractivity contribution >= 4 is 65.6 Å². The Morgan fingerprint density at radius 1 is 1.16 bits per heavy atom. The molecule has 5 rings (SSSR count). The number of hydrogen-bond acceptors (Lipinski definition) is 6. The summed E-state index contributed by atoms with van der Waals surface area (Å²) in [5, 5.41) is 12.8. The standard InChI is InChI=1S/C22H12BrFN2O3S2/c23-12-4-1-3-11(9-12)18-17(19(27)15-5-2-8-30-15)20(28)21(29)26(18)22-25-14-7-6-13(24)10-16(14)31-22/h1-10,18,28H/t18-/m0/s1. The fraction of sp³-hybridized carbons (Fsp3) is 0.0455. The van der Waals surface area contributed by atoms with Crippen LogP contribution in [0.25, 0.3) is 10.2 Å². The van der Waals surface area contributed by atoms with Crippen LogP contribution in [-0.4, -0.2) is 21.8 Å². The molecule has 5 nitrogen and oxygen atoms in total. The molecule has 31 heavy (non-hydrogen) atoms. The Hall–Kier alpha value is -2.88. The number of aliphatic hydroxyl groups excluding tert-OH is 1. The van der Waals surface area contributed by atoms with E-state index in [4.69, 9.17) is 0 Å². The molecule has 0 radical (unpaired) electrons. The lowest BCUT2D eigenvalue weighted by molar-refractivity contribution is -0.117. The Bertz CT molecular complexity index is 1380. The maximum atomic E-state index is 13.7. The first-order chi connectivity index (χ1) is 14.9. The van der Waals surface area contributed by atoms with Crippen molar-refractivity contribution in [2.24, 2.45) is 0 Å². The maximum absolute atomic E-state index is 13.7. The third-order valence-electron chi connectivity index (χ3n) is 4.91. The highest BCUT2D eigenvalue weighted by Gasteiger charge is 2.46. The first-order valence-corrected chi connectivity index (χ1v) is 11.6. The number of carbonyl (C=O) groups excluding carboxylic acids is 2. The molecule has 0 fully saturated rings. The van der Waals surface area contributed by atoms with E-state index in [0.29, 0.717) is 20.7 Å². The number of amides is 1. The van der Waals surface area contributed by atoms with E-state index in [9.17, 15) is 19.1 Å². The van der Waals surface area contributed by atoms with Crippen molar-refractivity contribution in [2.75, 3.05) is 4.90 Å². The van der Waals surface area contributed by atoms with Gasteiger partial charge < -0.3 is 5.11 Å². The maximum Gasteiger partial charge on any atom is 0.296 e. The average molecular weight is 515 g/mol. The molecule has 0 saturated carbocycles. The summed E-state index contributed by atoms with van der Waals surface area (Å²) in [5.41, 5.74) is 1.16. The summed E-state index contributed by atoms with van der Waals surface area (Å²) in [6.07, 6.45) is 0. The van der Waals surface area contributed by atoms with Crippen molar-refractivity contribution in [3.8, 4) is 0 Å². The van der Waals surface area contributed by atoms with Crippen LogP contribution < -0.4 is 4.90 Å². The molecule has 2 aromatic heterocycles. The number of Topliss-reactive ketones (excluding diaryl/α,β-unsaturated/α-hetero) is 1. The number of thiophene rings is 1. The number of nitrogens with zero attached hydrogens (tertiary/aromatic N) is 2. The first kappa shape index (κ1) is 20.0. The Morgan fingerprint density at radius 2 is 2.00 bits per heavy atom. The van der Waals surface area contributed by atoms with Crippen molar-refractivity contribution in [3.05, 3.63) is 92.0 Å². The van der Waals surface area contributed by atoms with Gasteiger partial charge in [0.05, 0.1) is 26.7 Å².